The minimum Gasteiger partial charge on any atom is -0.409 e. The molecular formula is C12H23N3O3S. The molecule has 6 nitrogen and oxygen atoms in total. The molecule has 1 rings (SSSR count). The summed E-state index contributed by atoms with van der Waals surface area (Å²) in [6, 6.07) is 0.0752. The van der Waals surface area contributed by atoms with E-state index in [0.717, 1.165) is 12.2 Å². The van der Waals surface area contributed by atoms with Gasteiger partial charge in [-0.25, -0.2) is 0 Å². The molecule has 0 aromatic carbocycles. The number of carbonyl (C=O) groups is 1. The van der Waals surface area contributed by atoms with Crippen LogP contribution in [0.3, 0.4) is 0 Å². The number of rotatable bonds is 6. The van der Waals surface area contributed by atoms with Crippen molar-refractivity contribution in [3.8, 4) is 0 Å². The zero-order chi connectivity index (χ0) is 14.3. The van der Waals surface area contributed by atoms with Gasteiger partial charge >= 0.3 is 0 Å². The quantitative estimate of drug-likeness (QED) is 0.291. The number of amidine groups is 1. The second-order valence-corrected chi connectivity index (χ2v) is 5.82. The normalized spacial score (nSPS) is 20.8. The van der Waals surface area contributed by atoms with Gasteiger partial charge in [-0.1, -0.05) is 5.16 Å². The molecule has 1 saturated heterocycles. The molecule has 0 spiro atoms. The molecule has 1 amide bonds. The first-order valence-corrected chi connectivity index (χ1v) is 7.82. The number of ether oxygens (including phenoxy) is 1. The van der Waals surface area contributed by atoms with Crippen molar-refractivity contribution in [2.75, 3.05) is 25.2 Å². The Kier molecular flexibility index (Phi) is 6.44. The summed E-state index contributed by atoms with van der Waals surface area (Å²) in [6.07, 6.45) is 3.83. The van der Waals surface area contributed by atoms with Crippen molar-refractivity contribution in [1.82, 2.24) is 5.32 Å². The van der Waals surface area contributed by atoms with Crippen LogP contribution < -0.4 is 11.1 Å². The van der Waals surface area contributed by atoms with Crippen LogP contribution in [0.1, 0.15) is 26.2 Å². The number of nitrogens with two attached hydrogens (primary N) is 1. The Morgan fingerprint density at radius 3 is 2.74 bits per heavy atom. The SMILES string of the molecule is CSCCC(C)NC(=O)C1(C(N)=NO)CCOCC1. The van der Waals surface area contributed by atoms with Crippen molar-refractivity contribution >= 4 is 23.5 Å². The van der Waals surface area contributed by atoms with E-state index < -0.39 is 5.41 Å². The molecule has 1 atom stereocenters. The third-order valence-corrected chi connectivity index (χ3v) is 4.16. The maximum Gasteiger partial charge on any atom is 0.234 e. The van der Waals surface area contributed by atoms with Crippen LogP contribution in [-0.2, 0) is 9.53 Å². The zero-order valence-corrected chi connectivity index (χ0v) is 12.3. The predicted molar refractivity (Wildman–Crippen MR) is 76.5 cm³/mol. The molecule has 0 radical (unpaired) electrons. The fraction of sp³-hybridized carbons (Fsp3) is 0.833. The lowest BCUT2D eigenvalue weighted by Crippen LogP contribution is -2.54. The highest BCUT2D eigenvalue weighted by atomic mass is 32.2. The van der Waals surface area contributed by atoms with E-state index >= 15 is 0 Å². The van der Waals surface area contributed by atoms with E-state index in [1.807, 2.05) is 13.2 Å². The standard InChI is InChI=1S/C12H23N3O3S/c1-9(3-8-19-2)14-11(16)12(10(13)15-17)4-6-18-7-5-12/h9,17H,3-8H2,1-2H3,(H2,13,15)(H,14,16). The van der Waals surface area contributed by atoms with Crippen molar-refractivity contribution in [3.05, 3.63) is 0 Å². The highest BCUT2D eigenvalue weighted by Crippen LogP contribution is 2.31. The molecule has 4 N–H and O–H groups in total. The molecular weight excluding hydrogens is 266 g/mol. The van der Waals surface area contributed by atoms with Crippen LogP contribution in [0.4, 0.5) is 0 Å². The Bertz CT molecular complexity index is 330. The van der Waals surface area contributed by atoms with E-state index in [2.05, 4.69) is 10.5 Å². The van der Waals surface area contributed by atoms with Gasteiger partial charge in [0, 0.05) is 19.3 Å². The number of hydrogen-bond acceptors (Lipinski definition) is 5. The first-order chi connectivity index (χ1) is 9.06. The van der Waals surface area contributed by atoms with Crippen molar-refractivity contribution in [3.63, 3.8) is 0 Å². The second-order valence-electron chi connectivity index (χ2n) is 4.84. The van der Waals surface area contributed by atoms with Crippen LogP contribution in [0, 0.1) is 5.41 Å². The highest BCUT2D eigenvalue weighted by molar-refractivity contribution is 7.98. The van der Waals surface area contributed by atoms with E-state index in [-0.39, 0.29) is 17.8 Å². The molecule has 1 aliphatic rings. The average Bonchev–Trinajstić information content (AvgIpc) is 2.44. The molecule has 110 valence electrons. The summed E-state index contributed by atoms with van der Waals surface area (Å²) in [4.78, 5) is 12.4. The molecule has 0 aromatic heterocycles. The lowest BCUT2D eigenvalue weighted by Gasteiger charge is -2.35. The average molecular weight is 289 g/mol. The van der Waals surface area contributed by atoms with E-state index in [9.17, 15) is 4.79 Å². The van der Waals surface area contributed by atoms with E-state index in [0.29, 0.717) is 26.1 Å². The third-order valence-electron chi connectivity index (χ3n) is 3.51. The van der Waals surface area contributed by atoms with Gasteiger partial charge in [-0.15, -0.1) is 0 Å². The number of amides is 1. The summed E-state index contributed by atoms with van der Waals surface area (Å²) in [5.74, 6) is 0.797. The third kappa shape index (κ3) is 4.01. The van der Waals surface area contributed by atoms with Crippen molar-refractivity contribution < 1.29 is 14.7 Å². The van der Waals surface area contributed by atoms with Gasteiger partial charge in [0.1, 0.15) is 5.41 Å². The first kappa shape index (κ1) is 16.1. The molecule has 19 heavy (non-hydrogen) atoms. The van der Waals surface area contributed by atoms with Gasteiger partial charge in [-0.3, -0.25) is 4.79 Å². The number of hydrogen-bond donors (Lipinski definition) is 3. The van der Waals surface area contributed by atoms with Gasteiger partial charge in [0.25, 0.3) is 0 Å². The smallest absolute Gasteiger partial charge is 0.234 e. The highest BCUT2D eigenvalue weighted by Gasteiger charge is 2.44. The molecule has 1 heterocycles. The largest absolute Gasteiger partial charge is 0.409 e. The van der Waals surface area contributed by atoms with E-state index in [4.69, 9.17) is 15.7 Å². The maximum absolute atomic E-state index is 12.4. The minimum atomic E-state index is -0.930. The minimum absolute atomic E-state index is 0.0228. The fourth-order valence-electron chi connectivity index (χ4n) is 2.14. The first-order valence-electron chi connectivity index (χ1n) is 6.42. The van der Waals surface area contributed by atoms with E-state index in [1.54, 1.807) is 11.8 Å². The summed E-state index contributed by atoms with van der Waals surface area (Å²) < 4.78 is 5.26. The van der Waals surface area contributed by atoms with Crippen LogP contribution in [0.15, 0.2) is 5.16 Å². The van der Waals surface area contributed by atoms with Gasteiger partial charge in [0.05, 0.1) is 0 Å². The molecule has 0 aliphatic carbocycles. The van der Waals surface area contributed by atoms with E-state index in [1.165, 1.54) is 0 Å². The number of thioether (sulfide) groups is 1. The summed E-state index contributed by atoms with van der Waals surface area (Å²) in [5.41, 5.74) is 4.81. The Balaban J connectivity index is 2.72. The molecule has 0 saturated carbocycles. The number of oxime groups is 1. The zero-order valence-electron chi connectivity index (χ0n) is 11.5. The van der Waals surface area contributed by atoms with Gasteiger partial charge in [0.2, 0.25) is 5.91 Å². The van der Waals surface area contributed by atoms with Gasteiger partial charge in [-0.05, 0) is 38.2 Å². The predicted octanol–water partition coefficient (Wildman–Crippen LogP) is 0.787. The second kappa shape index (κ2) is 7.59. The topological polar surface area (TPSA) is 96.9 Å². The van der Waals surface area contributed by atoms with Gasteiger partial charge < -0.3 is 21.0 Å². The Labute approximate surface area is 118 Å². The lowest BCUT2D eigenvalue weighted by molar-refractivity contribution is -0.132. The summed E-state index contributed by atoms with van der Waals surface area (Å²) in [5, 5.41) is 14.9. The number of carbonyl (C=O) groups excluding carboxylic acids is 1. The van der Waals surface area contributed by atoms with Crippen molar-refractivity contribution in [2.45, 2.75) is 32.2 Å². The number of nitrogens with one attached hydrogen (secondary N) is 1. The summed E-state index contributed by atoms with van der Waals surface area (Å²) in [7, 11) is 0. The summed E-state index contributed by atoms with van der Waals surface area (Å²) >= 11 is 1.74. The molecule has 0 aromatic rings. The number of nitrogens with zero attached hydrogens (tertiary/aromatic N) is 1. The van der Waals surface area contributed by atoms with Crippen LogP contribution in [-0.4, -0.2) is 48.2 Å². The molecule has 1 fully saturated rings. The van der Waals surface area contributed by atoms with Gasteiger partial charge in [-0.2, -0.15) is 11.8 Å². The molecule has 1 unspecified atom stereocenters. The van der Waals surface area contributed by atoms with Crippen LogP contribution >= 0.6 is 11.8 Å². The summed E-state index contributed by atoms with van der Waals surface area (Å²) in [6.45, 7) is 2.86. The molecule has 0 bridgehead atoms. The Hall–Kier alpha value is -0.950. The monoisotopic (exact) mass is 289 g/mol. The maximum atomic E-state index is 12.4. The van der Waals surface area contributed by atoms with Crippen molar-refractivity contribution in [1.29, 1.82) is 0 Å². The van der Waals surface area contributed by atoms with Gasteiger partial charge in [0.15, 0.2) is 5.84 Å². The van der Waals surface area contributed by atoms with Crippen LogP contribution in [0.2, 0.25) is 0 Å². The van der Waals surface area contributed by atoms with Crippen molar-refractivity contribution in [2.24, 2.45) is 16.3 Å². The Morgan fingerprint density at radius 1 is 1.58 bits per heavy atom. The molecule has 7 heteroatoms. The van der Waals surface area contributed by atoms with Crippen LogP contribution in [0.5, 0.6) is 0 Å². The Morgan fingerprint density at radius 2 is 2.21 bits per heavy atom. The van der Waals surface area contributed by atoms with Crippen LogP contribution in [0.25, 0.3) is 0 Å². The molecule has 1 aliphatic heterocycles. The fourth-order valence-corrected chi connectivity index (χ4v) is 2.73. The lowest BCUT2D eigenvalue weighted by atomic mass is 9.78.